The first kappa shape index (κ1) is 14.2. The average Bonchev–Trinajstić information content (AvgIpc) is 2.26. The van der Waals surface area contributed by atoms with E-state index >= 15 is 0 Å². The van der Waals surface area contributed by atoms with E-state index in [9.17, 15) is 4.79 Å². The molecule has 0 aromatic heterocycles. The minimum atomic E-state index is -0.303. The van der Waals surface area contributed by atoms with Gasteiger partial charge in [-0.25, -0.2) is 0 Å². The predicted molar refractivity (Wildman–Crippen MR) is 80.5 cm³/mol. The van der Waals surface area contributed by atoms with Gasteiger partial charge < -0.3 is 5.73 Å². The van der Waals surface area contributed by atoms with Gasteiger partial charge in [0.1, 0.15) is 0 Å². The van der Waals surface area contributed by atoms with Gasteiger partial charge in [0.25, 0.3) is 0 Å². The zero-order valence-corrected chi connectivity index (χ0v) is 12.3. The molecule has 0 amide bonds. The van der Waals surface area contributed by atoms with Crippen molar-refractivity contribution in [1.29, 1.82) is 0 Å². The van der Waals surface area contributed by atoms with Crippen LogP contribution in [0.2, 0.25) is 15.1 Å². The number of anilines is 1. The zero-order valence-electron chi connectivity index (χ0n) is 10.0. The molecular formula is C14H10Cl3NO. The molecule has 0 saturated heterocycles. The average molecular weight is 315 g/mol. The predicted octanol–water partition coefficient (Wildman–Crippen LogP) is 4.77. The fraction of sp³-hybridized carbons (Fsp3) is 0.0714. The molecule has 0 aliphatic heterocycles. The molecule has 2 rings (SSSR count). The lowest BCUT2D eigenvalue weighted by Gasteiger charge is -2.11. The number of aryl methyl sites for hydroxylation is 1. The van der Waals surface area contributed by atoms with Crippen LogP contribution in [0.1, 0.15) is 21.5 Å². The normalized spacial score (nSPS) is 10.5. The third-order valence-corrected chi connectivity index (χ3v) is 3.58. The van der Waals surface area contributed by atoms with Crippen LogP contribution in [-0.2, 0) is 0 Å². The van der Waals surface area contributed by atoms with Gasteiger partial charge in [-0.3, -0.25) is 4.79 Å². The first-order valence-corrected chi connectivity index (χ1v) is 6.59. The number of hydrogen-bond acceptors (Lipinski definition) is 2. The standard InChI is InChI=1S/C14H10Cl3NO/c1-7-3-2-4-11(18)12(7)14(19)13-9(16)5-8(15)6-10(13)17/h2-6H,18H2,1H3. The summed E-state index contributed by atoms with van der Waals surface area (Å²) >= 11 is 17.9. The van der Waals surface area contributed by atoms with Gasteiger partial charge in [0, 0.05) is 16.3 Å². The maximum absolute atomic E-state index is 12.5. The largest absolute Gasteiger partial charge is 0.398 e. The molecule has 0 spiro atoms. The Hall–Kier alpha value is -1.22. The molecule has 0 fully saturated rings. The smallest absolute Gasteiger partial charge is 0.198 e. The summed E-state index contributed by atoms with van der Waals surface area (Å²) in [5.41, 5.74) is 7.65. The second-order valence-electron chi connectivity index (χ2n) is 4.11. The molecule has 0 unspecified atom stereocenters. The molecule has 98 valence electrons. The quantitative estimate of drug-likeness (QED) is 0.641. The van der Waals surface area contributed by atoms with Gasteiger partial charge in [-0.05, 0) is 30.7 Å². The van der Waals surface area contributed by atoms with Crippen LogP contribution in [0.4, 0.5) is 5.69 Å². The van der Waals surface area contributed by atoms with Crippen LogP contribution in [0.5, 0.6) is 0 Å². The van der Waals surface area contributed by atoms with Crippen LogP contribution < -0.4 is 5.73 Å². The minimum Gasteiger partial charge on any atom is -0.398 e. The number of carbonyl (C=O) groups excluding carboxylic acids is 1. The summed E-state index contributed by atoms with van der Waals surface area (Å²) in [5.74, 6) is -0.303. The second kappa shape index (κ2) is 5.41. The Labute approximate surface area is 126 Å². The van der Waals surface area contributed by atoms with E-state index in [1.165, 1.54) is 12.1 Å². The summed E-state index contributed by atoms with van der Waals surface area (Å²) in [5, 5.41) is 0.805. The Bertz CT molecular complexity index is 624. The monoisotopic (exact) mass is 313 g/mol. The first-order valence-electron chi connectivity index (χ1n) is 5.46. The van der Waals surface area contributed by atoms with E-state index < -0.39 is 0 Å². The molecule has 0 heterocycles. The number of rotatable bonds is 2. The molecule has 0 aliphatic carbocycles. The van der Waals surface area contributed by atoms with Gasteiger partial charge in [-0.2, -0.15) is 0 Å². The van der Waals surface area contributed by atoms with Crippen molar-refractivity contribution < 1.29 is 4.79 Å². The lowest BCUT2D eigenvalue weighted by molar-refractivity contribution is 0.103. The van der Waals surface area contributed by atoms with E-state index in [4.69, 9.17) is 40.5 Å². The maximum Gasteiger partial charge on any atom is 0.198 e. The summed E-state index contributed by atoms with van der Waals surface area (Å²) in [6.07, 6.45) is 0. The summed E-state index contributed by atoms with van der Waals surface area (Å²) in [6, 6.07) is 8.22. The lowest BCUT2D eigenvalue weighted by atomic mass is 9.97. The van der Waals surface area contributed by atoms with E-state index in [2.05, 4.69) is 0 Å². The number of nitrogens with two attached hydrogens (primary N) is 1. The fourth-order valence-corrected chi connectivity index (χ4v) is 2.87. The highest BCUT2D eigenvalue weighted by Crippen LogP contribution is 2.32. The van der Waals surface area contributed by atoms with Crippen molar-refractivity contribution in [3.05, 3.63) is 62.1 Å². The molecule has 2 aromatic carbocycles. The molecule has 5 heteroatoms. The van der Waals surface area contributed by atoms with E-state index in [-0.39, 0.29) is 21.4 Å². The number of carbonyl (C=O) groups is 1. The van der Waals surface area contributed by atoms with Crippen LogP contribution in [0, 0.1) is 6.92 Å². The third-order valence-electron chi connectivity index (χ3n) is 2.77. The van der Waals surface area contributed by atoms with E-state index in [0.717, 1.165) is 5.56 Å². The van der Waals surface area contributed by atoms with Crippen LogP contribution >= 0.6 is 34.8 Å². The number of nitrogen functional groups attached to an aromatic ring is 1. The van der Waals surface area contributed by atoms with Gasteiger partial charge in [-0.15, -0.1) is 0 Å². The Morgan fingerprint density at radius 1 is 1.05 bits per heavy atom. The van der Waals surface area contributed by atoms with Gasteiger partial charge in [-0.1, -0.05) is 46.9 Å². The van der Waals surface area contributed by atoms with Crippen molar-refractivity contribution >= 4 is 46.3 Å². The van der Waals surface area contributed by atoms with Crippen LogP contribution in [0.25, 0.3) is 0 Å². The van der Waals surface area contributed by atoms with Crippen molar-refractivity contribution in [1.82, 2.24) is 0 Å². The first-order chi connectivity index (χ1) is 8.91. The van der Waals surface area contributed by atoms with Crippen LogP contribution in [0.15, 0.2) is 30.3 Å². The van der Waals surface area contributed by atoms with Crippen molar-refractivity contribution in [3.63, 3.8) is 0 Å². The number of hydrogen-bond donors (Lipinski definition) is 1. The van der Waals surface area contributed by atoms with Crippen molar-refractivity contribution in [2.24, 2.45) is 0 Å². The molecule has 0 saturated carbocycles. The van der Waals surface area contributed by atoms with E-state index in [0.29, 0.717) is 16.3 Å². The Morgan fingerprint density at radius 3 is 2.16 bits per heavy atom. The summed E-state index contributed by atoms with van der Waals surface area (Å²) < 4.78 is 0. The van der Waals surface area contributed by atoms with E-state index in [1.54, 1.807) is 25.1 Å². The molecule has 2 aromatic rings. The molecule has 0 aliphatic rings. The molecule has 0 bridgehead atoms. The van der Waals surface area contributed by atoms with Gasteiger partial charge >= 0.3 is 0 Å². The SMILES string of the molecule is Cc1cccc(N)c1C(=O)c1c(Cl)cc(Cl)cc1Cl. The molecule has 2 nitrogen and oxygen atoms in total. The Morgan fingerprint density at radius 2 is 1.63 bits per heavy atom. The van der Waals surface area contributed by atoms with Gasteiger partial charge in [0.2, 0.25) is 0 Å². The Kier molecular flexibility index (Phi) is 4.04. The number of halogens is 3. The highest BCUT2D eigenvalue weighted by Gasteiger charge is 2.21. The lowest BCUT2D eigenvalue weighted by Crippen LogP contribution is -2.09. The van der Waals surface area contributed by atoms with Crippen molar-refractivity contribution in [3.8, 4) is 0 Å². The van der Waals surface area contributed by atoms with Crippen molar-refractivity contribution in [2.75, 3.05) is 5.73 Å². The molecular weight excluding hydrogens is 305 g/mol. The second-order valence-corrected chi connectivity index (χ2v) is 5.36. The highest BCUT2D eigenvalue weighted by molar-refractivity contribution is 6.43. The van der Waals surface area contributed by atoms with E-state index in [1.807, 2.05) is 0 Å². The molecule has 2 N–H and O–H groups in total. The minimum absolute atomic E-state index is 0.213. The van der Waals surface area contributed by atoms with Crippen LogP contribution in [-0.4, -0.2) is 5.78 Å². The third kappa shape index (κ3) is 2.71. The maximum atomic E-state index is 12.5. The highest BCUT2D eigenvalue weighted by atomic mass is 35.5. The topological polar surface area (TPSA) is 43.1 Å². The van der Waals surface area contributed by atoms with Gasteiger partial charge in [0.05, 0.1) is 15.6 Å². The summed E-state index contributed by atoms with van der Waals surface area (Å²) in [4.78, 5) is 12.5. The fourth-order valence-electron chi connectivity index (χ4n) is 1.88. The van der Waals surface area contributed by atoms with Gasteiger partial charge in [0.15, 0.2) is 5.78 Å². The summed E-state index contributed by atoms with van der Waals surface area (Å²) in [7, 11) is 0. The number of ketones is 1. The Balaban J connectivity index is 2.64. The molecule has 0 radical (unpaired) electrons. The van der Waals surface area contributed by atoms with Crippen LogP contribution in [0.3, 0.4) is 0 Å². The summed E-state index contributed by atoms with van der Waals surface area (Å²) in [6.45, 7) is 1.81. The number of benzene rings is 2. The molecule has 0 atom stereocenters. The zero-order chi connectivity index (χ0) is 14.2. The molecule has 19 heavy (non-hydrogen) atoms. The van der Waals surface area contributed by atoms with Crippen molar-refractivity contribution in [2.45, 2.75) is 6.92 Å².